The largest absolute Gasteiger partial charge is 0.468 e. The van der Waals surface area contributed by atoms with E-state index in [1.807, 2.05) is 30.3 Å². The Morgan fingerprint density at radius 3 is 2.71 bits per heavy atom. The zero-order valence-corrected chi connectivity index (χ0v) is 11.9. The number of β-amino-alcohol motifs (C(OH)–C–C–N with tert-alkyl or cyclic N) is 1. The van der Waals surface area contributed by atoms with Crippen LogP contribution in [0.4, 0.5) is 0 Å². The van der Waals surface area contributed by atoms with Crippen LogP contribution < -0.4 is 0 Å². The van der Waals surface area contributed by atoms with Crippen LogP contribution in [0.2, 0.25) is 0 Å². The van der Waals surface area contributed by atoms with Gasteiger partial charge in [0.05, 0.1) is 19.8 Å². The molecule has 1 fully saturated rings. The minimum absolute atomic E-state index is 0.0380. The molecule has 0 aromatic heterocycles. The summed E-state index contributed by atoms with van der Waals surface area (Å²) in [6, 6.07) is 8.77. The molecule has 1 saturated heterocycles. The maximum Gasteiger partial charge on any atom is 0.323 e. The summed E-state index contributed by atoms with van der Waals surface area (Å²) in [6.07, 6.45) is -0.352. The Hall–Kier alpha value is -1.92. The summed E-state index contributed by atoms with van der Waals surface area (Å²) in [5.74, 6) is -0.871. The van der Waals surface area contributed by atoms with Gasteiger partial charge in [-0.25, -0.2) is 0 Å². The van der Waals surface area contributed by atoms with Gasteiger partial charge in [0.15, 0.2) is 0 Å². The quantitative estimate of drug-likeness (QED) is 0.789. The van der Waals surface area contributed by atoms with Crippen molar-refractivity contribution in [3.63, 3.8) is 0 Å². The first kappa shape index (κ1) is 15.5. The highest BCUT2D eigenvalue weighted by molar-refractivity contribution is 5.78. The molecular formula is C15H19NO5. The number of hydrogen-bond donors (Lipinski definition) is 1. The molecule has 1 aliphatic rings. The van der Waals surface area contributed by atoms with E-state index in [-0.39, 0.29) is 26.1 Å². The third-order valence-electron chi connectivity index (χ3n) is 3.43. The molecule has 114 valence electrons. The van der Waals surface area contributed by atoms with Crippen LogP contribution in [0, 0.1) is 0 Å². The lowest BCUT2D eigenvalue weighted by atomic mass is 10.2. The molecule has 0 unspecified atom stereocenters. The highest BCUT2D eigenvalue weighted by Crippen LogP contribution is 2.18. The number of aliphatic hydroxyl groups is 1. The fourth-order valence-corrected chi connectivity index (χ4v) is 2.38. The van der Waals surface area contributed by atoms with Crippen LogP contribution in [-0.4, -0.2) is 54.3 Å². The van der Waals surface area contributed by atoms with Crippen LogP contribution >= 0.6 is 0 Å². The number of hydrogen-bond acceptors (Lipinski definition) is 6. The van der Waals surface area contributed by atoms with Crippen LogP contribution in [0.1, 0.15) is 12.0 Å². The summed E-state index contributed by atoms with van der Waals surface area (Å²) < 4.78 is 9.85. The first-order valence-corrected chi connectivity index (χ1v) is 6.79. The number of ether oxygens (including phenoxy) is 2. The number of benzene rings is 1. The molecule has 1 aliphatic heterocycles. The van der Waals surface area contributed by atoms with E-state index in [4.69, 9.17) is 4.74 Å². The lowest BCUT2D eigenvalue weighted by molar-refractivity contribution is -0.150. The van der Waals surface area contributed by atoms with Gasteiger partial charge in [0.1, 0.15) is 12.6 Å². The van der Waals surface area contributed by atoms with Gasteiger partial charge in [0.2, 0.25) is 0 Å². The van der Waals surface area contributed by atoms with Gasteiger partial charge in [-0.05, 0) is 5.56 Å². The van der Waals surface area contributed by atoms with Gasteiger partial charge in [-0.1, -0.05) is 30.3 Å². The van der Waals surface area contributed by atoms with Crippen molar-refractivity contribution in [1.29, 1.82) is 0 Å². The molecule has 0 bridgehead atoms. The lowest BCUT2D eigenvalue weighted by Crippen LogP contribution is -2.40. The van der Waals surface area contributed by atoms with E-state index in [9.17, 15) is 14.7 Å². The maximum atomic E-state index is 11.8. The molecule has 2 atom stereocenters. The SMILES string of the molecule is COC(=O)[C@@H]1C[C@@H](O)CN1CC(=O)OCc1ccccc1. The second-order valence-corrected chi connectivity index (χ2v) is 5.00. The van der Waals surface area contributed by atoms with E-state index in [0.29, 0.717) is 0 Å². The van der Waals surface area contributed by atoms with E-state index in [1.165, 1.54) is 7.11 Å². The highest BCUT2D eigenvalue weighted by atomic mass is 16.5. The van der Waals surface area contributed by atoms with E-state index < -0.39 is 24.1 Å². The van der Waals surface area contributed by atoms with Crippen LogP contribution in [0.25, 0.3) is 0 Å². The summed E-state index contributed by atoms with van der Waals surface area (Å²) in [7, 11) is 1.29. The first-order chi connectivity index (χ1) is 10.1. The summed E-state index contributed by atoms with van der Waals surface area (Å²) in [4.78, 5) is 25.0. The Bertz CT molecular complexity index is 490. The van der Waals surface area contributed by atoms with Crippen molar-refractivity contribution in [2.45, 2.75) is 25.2 Å². The molecule has 0 radical (unpaired) electrons. The van der Waals surface area contributed by atoms with E-state index in [1.54, 1.807) is 4.90 Å². The van der Waals surface area contributed by atoms with E-state index in [0.717, 1.165) is 5.56 Å². The van der Waals surface area contributed by atoms with Gasteiger partial charge in [-0.15, -0.1) is 0 Å². The molecule has 0 aliphatic carbocycles. The average molecular weight is 293 g/mol. The summed E-state index contributed by atoms with van der Waals surface area (Å²) in [6.45, 7) is 0.419. The summed E-state index contributed by atoms with van der Waals surface area (Å²) in [5.41, 5.74) is 0.900. The molecule has 0 saturated carbocycles. The number of aliphatic hydroxyl groups excluding tert-OH is 1. The Morgan fingerprint density at radius 1 is 1.33 bits per heavy atom. The number of likely N-dealkylation sites (tertiary alicyclic amines) is 1. The number of esters is 2. The van der Waals surface area contributed by atoms with Crippen molar-refractivity contribution in [2.75, 3.05) is 20.2 Å². The average Bonchev–Trinajstić information content (AvgIpc) is 2.86. The van der Waals surface area contributed by atoms with Crippen molar-refractivity contribution >= 4 is 11.9 Å². The Balaban J connectivity index is 1.85. The third-order valence-corrected chi connectivity index (χ3v) is 3.43. The van der Waals surface area contributed by atoms with Gasteiger partial charge in [-0.3, -0.25) is 14.5 Å². The second-order valence-electron chi connectivity index (χ2n) is 5.00. The van der Waals surface area contributed by atoms with Crippen molar-refractivity contribution in [3.8, 4) is 0 Å². The molecule has 0 amide bonds. The number of carbonyl (C=O) groups excluding carboxylic acids is 2. The number of methoxy groups -OCH3 is 1. The van der Waals surface area contributed by atoms with Crippen molar-refractivity contribution in [2.24, 2.45) is 0 Å². The molecule has 1 aromatic rings. The van der Waals surface area contributed by atoms with Gasteiger partial charge in [-0.2, -0.15) is 0 Å². The van der Waals surface area contributed by atoms with Crippen LogP contribution in [0.15, 0.2) is 30.3 Å². The van der Waals surface area contributed by atoms with Crippen molar-refractivity contribution < 1.29 is 24.2 Å². The second kappa shape index (κ2) is 7.19. The molecule has 1 heterocycles. The van der Waals surface area contributed by atoms with Crippen LogP contribution in [0.3, 0.4) is 0 Å². The van der Waals surface area contributed by atoms with Gasteiger partial charge >= 0.3 is 11.9 Å². The molecule has 0 spiro atoms. The topological polar surface area (TPSA) is 76.1 Å². The molecule has 6 nitrogen and oxygen atoms in total. The fourth-order valence-electron chi connectivity index (χ4n) is 2.38. The smallest absolute Gasteiger partial charge is 0.323 e. The number of nitrogens with zero attached hydrogens (tertiary/aromatic N) is 1. The minimum Gasteiger partial charge on any atom is -0.468 e. The molecule has 1 N–H and O–H groups in total. The van der Waals surface area contributed by atoms with Gasteiger partial charge in [0.25, 0.3) is 0 Å². The van der Waals surface area contributed by atoms with Crippen molar-refractivity contribution in [3.05, 3.63) is 35.9 Å². The number of carbonyl (C=O) groups is 2. The Morgan fingerprint density at radius 2 is 2.05 bits per heavy atom. The van der Waals surface area contributed by atoms with Gasteiger partial charge in [0, 0.05) is 13.0 Å². The summed E-state index contributed by atoms with van der Waals surface area (Å²) >= 11 is 0. The minimum atomic E-state index is -0.629. The molecule has 2 rings (SSSR count). The predicted octanol–water partition coefficient (Wildman–Crippen LogP) is 0.338. The first-order valence-electron chi connectivity index (χ1n) is 6.79. The summed E-state index contributed by atoms with van der Waals surface area (Å²) in [5, 5.41) is 9.63. The Kier molecular flexibility index (Phi) is 5.30. The zero-order chi connectivity index (χ0) is 15.2. The maximum absolute atomic E-state index is 11.8. The van der Waals surface area contributed by atoms with Crippen LogP contribution in [0.5, 0.6) is 0 Å². The van der Waals surface area contributed by atoms with Crippen molar-refractivity contribution in [1.82, 2.24) is 4.90 Å². The predicted molar refractivity (Wildman–Crippen MR) is 74.2 cm³/mol. The van der Waals surface area contributed by atoms with E-state index in [2.05, 4.69) is 4.74 Å². The fraction of sp³-hybridized carbons (Fsp3) is 0.467. The number of rotatable bonds is 5. The van der Waals surface area contributed by atoms with Crippen LogP contribution in [-0.2, 0) is 25.7 Å². The highest BCUT2D eigenvalue weighted by Gasteiger charge is 2.37. The monoisotopic (exact) mass is 293 g/mol. The molecule has 6 heteroatoms. The third kappa shape index (κ3) is 4.27. The molecule has 1 aromatic carbocycles. The van der Waals surface area contributed by atoms with Gasteiger partial charge < -0.3 is 14.6 Å². The lowest BCUT2D eigenvalue weighted by Gasteiger charge is -2.20. The Labute approximate surface area is 123 Å². The normalized spacial score (nSPS) is 22.0. The zero-order valence-electron chi connectivity index (χ0n) is 11.9. The molecular weight excluding hydrogens is 274 g/mol. The standard InChI is InChI=1S/C15H19NO5/c1-20-15(19)13-7-12(17)8-16(13)9-14(18)21-10-11-5-3-2-4-6-11/h2-6,12-13,17H,7-10H2,1H3/t12-,13+/m1/s1. The molecule has 21 heavy (non-hydrogen) atoms. The van der Waals surface area contributed by atoms with E-state index >= 15 is 0 Å².